The predicted octanol–water partition coefficient (Wildman–Crippen LogP) is 4.58. The molecule has 0 radical (unpaired) electrons. The molecule has 0 amide bonds. The van der Waals surface area contributed by atoms with Crippen molar-refractivity contribution in [3.05, 3.63) is 29.8 Å². The minimum Gasteiger partial charge on any atom is -0.217 e. The van der Waals surface area contributed by atoms with Crippen molar-refractivity contribution in [1.29, 1.82) is 0 Å². The van der Waals surface area contributed by atoms with E-state index in [9.17, 15) is 8.42 Å². The van der Waals surface area contributed by atoms with Crippen LogP contribution in [0.5, 0.6) is 0 Å². The van der Waals surface area contributed by atoms with E-state index in [1.165, 1.54) is 5.56 Å². The van der Waals surface area contributed by atoms with Crippen LogP contribution < -0.4 is 0 Å². The molecule has 0 aliphatic carbocycles. The molecule has 5 heteroatoms. The highest BCUT2D eigenvalue weighted by Crippen LogP contribution is 2.29. The Morgan fingerprint density at radius 3 is 2.16 bits per heavy atom. The normalized spacial score (nSPS) is 12.6. The Labute approximate surface area is 128 Å². The van der Waals surface area contributed by atoms with E-state index in [0.29, 0.717) is 6.42 Å². The largest absolute Gasteiger partial charge is 0.217 e. The van der Waals surface area contributed by atoms with Crippen LogP contribution in [0.3, 0.4) is 0 Å². The van der Waals surface area contributed by atoms with Gasteiger partial charge in [0.1, 0.15) is 0 Å². The first-order valence-corrected chi connectivity index (χ1v) is 10.4. The zero-order valence-corrected chi connectivity index (χ0v) is 14.9. The van der Waals surface area contributed by atoms with Gasteiger partial charge in [-0.3, -0.25) is 0 Å². The molecule has 0 N–H and O–H groups in total. The number of unbranched alkanes of at least 4 members (excludes halogenated alkanes) is 1. The first-order valence-electron chi connectivity index (χ1n) is 6.33. The minimum atomic E-state index is -3.06. The summed E-state index contributed by atoms with van der Waals surface area (Å²) in [7, 11) is -2.09. The molecule has 1 rings (SSSR count). The average molecular weight is 365 g/mol. The van der Waals surface area contributed by atoms with Crippen LogP contribution in [-0.4, -0.2) is 19.5 Å². The van der Waals surface area contributed by atoms with Crippen molar-refractivity contribution in [2.45, 2.75) is 43.9 Å². The monoisotopic (exact) mass is 364 g/mol. The number of hydrogen-bond donors (Lipinski definition) is 0. The van der Waals surface area contributed by atoms with E-state index in [1.807, 2.05) is 24.3 Å². The molecule has 108 valence electrons. The summed E-state index contributed by atoms with van der Waals surface area (Å²) in [5, 5.41) is 0.855. The molecule has 0 heterocycles. The van der Waals surface area contributed by atoms with Crippen molar-refractivity contribution in [3.8, 4) is 0 Å². The molecule has 2 nitrogen and oxygen atoms in total. The van der Waals surface area contributed by atoms with Crippen LogP contribution in [0, 0.1) is 0 Å². The Bertz CT molecular complexity index is 487. The Morgan fingerprint density at radius 2 is 1.68 bits per heavy atom. The van der Waals surface area contributed by atoms with Crippen molar-refractivity contribution in [2.75, 3.05) is 11.1 Å². The van der Waals surface area contributed by atoms with Gasteiger partial charge in [-0.05, 0) is 36.0 Å². The Morgan fingerprint density at radius 1 is 1.11 bits per heavy atom. The summed E-state index contributed by atoms with van der Waals surface area (Å²) in [6.07, 6.45) is 1.60. The van der Waals surface area contributed by atoms with Crippen LogP contribution in [0.4, 0.5) is 0 Å². The zero-order valence-electron chi connectivity index (χ0n) is 11.6. The van der Waals surface area contributed by atoms with Crippen molar-refractivity contribution in [2.24, 2.45) is 0 Å². The number of halogens is 1. The summed E-state index contributed by atoms with van der Waals surface area (Å²) < 4.78 is 23.8. The maximum atomic E-state index is 11.9. The summed E-state index contributed by atoms with van der Waals surface area (Å²) in [6.45, 7) is 6.44. The number of rotatable bonds is 6. The molecular weight excluding hydrogens is 344 g/mol. The third-order valence-electron chi connectivity index (χ3n) is 2.72. The topological polar surface area (TPSA) is 34.1 Å². The van der Waals surface area contributed by atoms with Crippen LogP contribution in [-0.2, 0) is 14.3 Å². The first-order chi connectivity index (χ1) is 8.74. The van der Waals surface area contributed by atoms with E-state index in [1.54, 1.807) is 0 Å². The van der Waals surface area contributed by atoms with Crippen molar-refractivity contribution >= 4 is 35.6 Å². The van der Waals surface area contributed by atoms with Gasteiger partial charge in [0.05, 0.1) is 5.75 Å². The van der Waals surface area contributed by atoms with Gasteiger partial charge in [0.15, 0.2) is 0 Å². The molecule has 0 atom stereocenters. The molecule has 0 bridgehead atoms. The lowest BCUT2D eigenvalue weighted by Gasteiger charge is -2.18. The van der Waals surface area contributed by atoms with E-state index in [2.05, 4.69) is 36.7 Å². The van der Waals surface area contributed by atoms with Crippen LogP contribution in [0.2, 0.25) is 0 Å². The van der Waals surface area contributed by atoms with Gasteiger partial charge in [-0.2, -0.15) is 0 Å². The summed E-state index contributed by atoms with van der Waals surface area (Å²) in [5.74, 6) is 0.240. The second kappa shape index (κ2) is 7.14. The zero-order chi connectivity index (χ0) is 14.5. The Kier molecular flexibility index (Phi) is 6.40. The van der Waals surface area contributed by atoms with Gasteiger partial charge >= 0.3 is 0 Å². The van der Waals surface area contributed by atoms with Crippen molar-refractivity contribution < 1.29 is 8.42 Å². The van der Waals surface area contributed by atoms with E-state index in [-0.39, 0.29) is 11.2 Å². The Hall–Kier alpha value is -0.000000000000000111. The standard InChI is InChI=1S/C14H21BrO2S2/c1-14(2,3)12-6-8-13(9-7-12)18-19(16,17)11-5-4-10-15/h6-9H,4-5,10-11H2,1-3H3. The van der Waals surface area contributed by atoms with E-state index in [4.69, 9.17) is 0 Å². The maximum absolute atomic E-state index is 11.9. The lowest BCUT2D eigenvalue weighted by molar-refractivity contribution is 0.590. The minimum absolute atomic E-state index is 0.0952. The molecule has 0 aliphatic rings. The molecule has 0 aliphatic heterocycles. The fourth-order valence-corrected chi connectivity index (χ4v) is 4.97. The molecular formula is C14H21BrO2S2. The summed E-state index contributed by atoms with van der Waals surface area (Å²) >= 11 is 3.31. The third kappa shape index (κ3) is 6.32. The fourth-order valence-electron chi connectivity index (χ4n) is 1.57. The first kappa shape index (κ1) is 17.1. The van der Waals surface area contributed by atoms with Crippen LogP contribution in [0.1, 0.15) is 39.2 Å². The second-order valence-electron chi connectivity index (χ2n) is 5.52. The fraction of sp³-hybridized carbons (Fsp3) is 0.571. The van der Waals surface area contributed by atoms with Gasteiger partial charge < -0.3 is 0 Å². The van der Waals surface area contributed by atoms with Crippen molar-refractivity contribution in [3.63, 3.8) is 0 Å². The molecule has 1 aromatic rings. The van der Waals surface area contributed by atoms with Crippen molar-refractivity contribution in [1.82, 2.24) is 0 Å². The van der Waals surface area contributed by atoms with E-state index >= 15 is 0 Å². The lowest BCUT2D eigenvalue weighted by Crippen LogP contribution is -2.10. The summed E-state index contributed by atoms with van der Waals surface area (Å²) in [4.78, 5) is 0.798. The number of hydrogen-bond acceptors (Lipinski definition) is 3. The molecule has 19 heavy (non-hydrogen) atoms. The van der Waals surface area contributed by atoms with E-state index in [0.717, 1.165) is 27.4 Å². The highest BCUT2D eigenvalue weighted by Gasteiger charge is 2.15. The number of alkyl halides is 1. The molecule has 0 fully saturated rings. The van der Waals surface area contributed by atoms with Gasteiger partial charge in [0.25, 0.3) is 0 Å². The van der Waals surface area contributed by atoms with Gasteiger partial charge in [-0.15, -0.1) is 0 Å². The van der Waals surface area contributed by atoms with Gasteiger partial charge in [0, 0.05) is 21.0 Å². The second-order valence-corrected chi connectivity index (χ2v) is 10.5. The van der Waals surface area contributed by atoms with Gasteiger partial charge in [-0.25, -0.2) is 8.42 Å². The van der Waals surface area contributed by atoms with E-state index < -0.39 is 8.87 Å². The smallest absolute Gasteiger partial charge is 0.206 e. The quantitative estimate of drug-likeness (QED) is 0.420. The lowest BCUT2D eigenvalue weighted by atomic mass is 9.87. The Balaban J connectivity index is 2.67. The van der Waals surface area contributed by atoms with Crippen LogP contribution in [0.15, 0.2) is 29.2 Å². The molecule has 0 saturated carbocycles. The molecule has 0 unspecified atom stereocenters. The third-order valence-corrected chi connectivity index (χ3v) is 6.63. The van der Waals surface area contributed by atoms with Gasteiger partial charge in [-0.1, -0.05) is 48.8 Å². The average Bonchev–Trinajstić information content (AvgIpc) is 2.28. The predicted molar refractivity (Wildman–Crippen MR) is 87.8 cm³/mol. The SMILES string of the molecule is CC(C)(C)c1ccc(SS(=O)(=O)CCCCBr)cc1. The summed E-state index contributed by atoms with van der Waals surface area (Å²) in [6, 6.07) is 7.81. The highest BCUT2D eigenvalue weighted by molar-refractivity contribution is 9.09. The van der Waals surface area contributed by atoms with Gasteiger partial charge in [0.2, 0.25) is 8.87 Å². The van der Waals surface area contributed by atoms with Crippen LogP contribution >= 0.6 is 26.7 Å². The molecule has 0 aromatic heterocycles. The molecule has 0 spiro atoms. The molecule has 1 aromatic carbocycles. The number of benzene rings is 1. The highest BCUT2D eigenvalue weighted by atomic mass is 79.9. The molecule has 0 saturated heterocycles. The maximum Gasteiger partial charge on any atom is 0.206 e. The summed E-state index contributed by atoms with van der Waals surface area (Å²) in [5.41, 5.74) is 1.31. The van der Waals surface area contributed by atoms with Crippen LogP contribution in [0.25, 0.3) is 0 Å².